The molecular formula is C22H21FN2O6S. The lowest BCUT2D eigenvalue weighted by Gasteiger charge is -2.04. The van der Waals surface area contributed by atoms with Crippen LogP contribution in [0.1, 0.15) is 34.5 Å². The van der Waals surface area contributed by atoms with Gasteiger partial charge in [-0.3, -0.25) is 9.59 Å². The van der Waals surface area contributed by atoms with Crippen molar-refractivity contribution in [2.24, 2.45) is 0 Å². The molecule has 0 atom stereocenters. The standard InChI is InChI=1S/C22H21FN2O6S/c1-3-29-22(28)21-13(2)10-19(32-21)25-17(26)12-30-20(27)9-8-18-24-11-16(31-18)14-4-6-15(23)7-5-14/h4-7,10-11H,3,8-9,12H2,1-2H3,(H,25,26). The summed E-state index contributed by atoms with van der Waals surface area (Å²) in [5.41, 5.74) is 1.35. The van der Waals surface area contributed by atoms with Crippen LogP contribution in [0.4, 0.5) is 9.39 Å². The number of nitrogens with one attached hydrogen (secondary N) is 1. The van der Waals surface area contributed by atoms with Crippen LogP contribution in [-0.4, -0.2) is 36.0 Å². The lowest BCUT2D eigenvalue weighted by atomic mass is 10.2. The lowest BCUT2D eigenvalue weighted by molar-refractivity contribution is -0.147. The number of hydrogen-bond donors (Lipinski definition) is 1. The third kappa shape index (κ3) is 6.24. The van der Waals surface area contributed by atoms with E-state index in [2.05, 4.69) is 10.3 Å². The van der Waals surface area contributed by atoms with Crippen molar-refractivity contribution in [1.29, 1.82) is 0 Å². The van der Waals surface area contributed by atoms with Crippen molar-refractivity contribution in [2.75, 3.05) is 18.5 Å². The number of esters is 2. The van der Waals surface area contributed by atoms with E-state index in [4.69, 9.17) is 13.9 Å². The van der Waals surface area contributed by atoms with Crippen LogP contribution in [0.5, 0.6) is 0 Å². The van der Waals surface area contributed by atoms with Crippen LogP contribution >= 0.6 is 11.3 Å². The zero-order valence-electron chi connectivity index (χ0n) is 17.5. The fraction of sp³-hybridized carbons (Fsp3) is 0.273. The maximum Gasteiger partial charge on any atom is 0.348 e. The minimum atomic E-state index is -0.587. The first-order valence-corrected chi connectivity index (χ1v) is 10.6. The molecule has 10 heteroatoms. The van der Waals surface area contributed by atoms with E-state index in [1.54, 1.807) is 32.0 Å². The molecule has 0 aliphatic rings. The second-order valence-corrected chi connectivity index (χ2v) is 7.73. The summed E-state index contributed by atoms with van der Waals surface area (Å²) in [4.78, 5) is 40.3. The largest absolute Gasteiger partial charge is 0.462 e. The molecule has 0 saturated carbocycles. The highest BCUT2D eigenvalue weighted by Crippen LogP contribution is 2.27. The summed E-state index contributed by atoms with van der Waals surface area (Å²) >= 11 is 1.09. The van der Waals surface area contributed by atoms with Gasteiger partial charge in [-0.25, -0.2) is 14.2 Å². The minimum Gasteiger partial charge on any atom is -0.462 e. The topological polar surface area (TPSA) is 108 Å². The Morgan fingerprint density at radius 2 is 1.94 bits per heavy atom. The Kier molecular flexibility index (Phi) is 7.72. The van der Waals surface area contributed by atoms with Gasteiger partial charge in [0.25, 0.3) is 5.91 Å². The van der Waals surface area contributed by atoms with Crippen molar-refractivity contribution >= 4 is 34.2 Å². The molecule has 1 aromatic carbocycles. The molecule has 2 heterocycles. The number of oxazole rings is 1. The van der Waals surface area contributed by atoms with Gasteiger partial charge in [0, 0.05) is 12.0 Å². The number of anilines is 1. The monoisotopic (exact) mass is 460 g/mol. The Morgan fingerprint density at radius 1 is 1.19 bits per heavy atom. The Morgan fingerprint density at radius 3 is 2.66 bits per heavy atom. The molecule has 0 unspecified atom stereocenters. The van der Waals surface area contributed by atoms with Crippen molar-refractivity contribution in [3.63, 3.8) is 0 Å². The Labute approximate surface area is 187 Å². The van der Waals surface area contributed by atoms with Gasteiger partial charge in [-0.15, -0.1) is 11.3 Å². The number of ether oxygens (including phenoxy) is 2. The molecule has 0 aliphatic carbocycles. The van der Waals surface area contributed by atoms with Crippen molar-refractivity contribution in [1.82, 2.24) is 4.98 Å². The SMILES string of the molecule is CCOC(=O)c1sc(NC(=O)COC(=O)CCc2ncc(-c3ccc(F)cc3)o2)cc1C. The van der Waals surface area contributed by atoms with Gasteiger partial charge in [-0.05, 0) is 49.7 Å². The average molecular weight is 460 g/mol. The van der Waals surface area contributed by atoms with E-state index in [-0.39, 0.29) is 25.3 Å². The summed E-state index contributed by atoms with van der Waals surface area (Å²) in [5, 5.41) is 3.05. The minimum absolute atomic E-state index is 0.0260. The summed E-state index contributed by atoms with van der Waals surface area (Å²) < 4.78 is 28.5. The van der Waals surface area contributed by atoms with Crippen LogP contribution in [0.15, 0.2) is 40.9 Å². The van der Waals surface area contributed by atoms with E-state index >= 15 is 0 Å². The number of carbonyl (C=O) groups is 3. The Bertz CT molecular complexity index is 1110. The maximum atomic E-state index is 13.0. The molecule has 3 rings (SSSR count). The Balaban J connectivity index is 1.43. The molecule has 0 aliphatic heterocycles. The molecule has 0 spiro atoms. The number of benzene rings is 1. The molecule has 0 saturated heterocycles. The van der Waals surface area contributed by atoms with Crippen molar-refractivity contribution in [3.8, 4) is 11.3 Å². The van der Waals surface area contributed by atoms with Crippen molar-refractivity contribution in [2.45, 2.75) is 26.7 Å². The van der Waals surface area contributed by atoms with Crippen LogP contribution in [0.3, 0.4) is 0 Å². The van der Waals surface area contributed by atoms with Crippen molar-refractivity contribution in [3.05, 3.63) is 58.7 Å². The number of nitrogens with zero attached hydrogens (tertiary/aromatic N) is 1. The molecule has 2 aromatic heterocycles. The molecular weight excluding hydrogens is 439 g/mol. The van der Waals surface area contributed by atoms with E-state index in [0.29, 0.717) is 32.7 Å². The quantitative estimate of drug-likeness (QED) is 0.478. The summed E-state index contributed by atoms with van der Waals surface area (Å²) in [5.74, 6) is -1.13. The second kappa shape index (κ2) is 10.7. The molecule has 0 fully saturated rings. The molecule has 3 aromatic rings. The van der Waals surface area contributed by atoms with Gasteiger partial charge >= 0.3 is 11.9 Å². The average Bonchev–Trinajstić information content (AvgIpc) is 3.38. The summed E-state index contributed by atoms with van der Waals surface area (Å²) in [6, 6.07) is 7.41. The normalized spacial score (nSPS) is 10.6. The number of amides is 1. The number of carbonyl (C=O) groups excluding carboxylic acids is 3. The van der Waals surface area contributed by atoms with Gasteiger partial charge in [0.1, 0.15) is 10.7 Å². The molecule has 8 nitrogen and oxygen atoms in total. The summed E-state index contributed by atoms with van der Waals surface area (Å²) in [7, 11) is 0. The number of hydrogen-bond acceptors (Lipinski definition) is 8. The predicted octanol–water partition coefficient (Wildman–Crippen LogP) is 4.14. The maximum absolute atomic E-state index is 13.0. The van der Waals surface area contributed by atoms with Gasteiger partial charge in [0.05, 0.1) is 24.2 Å². The van der Waals surface area contributed by atoms with Crippen molar-refractivity contribution < 1.29 is 32.7 Å². The van der Waals surface area contributed by atoms with E-state index in [1.165, 1.54) is 18.3 Å². The second-order valence-electron chi connectivity index (χ2n) is 6.68. The fourth-order valence-corrected chi connectivity index (χ4v) is 3.70. The zero-order chi connectivity index (χ0) is 23.1. The van der Waals surface area contributed by atoms with Gasteiger partial charge in [0.2, 0.25) is 0 Å². The first-order valence-electron chi connectivity index (χ1n) is 9.79. The highest BCUT2D eigenvalue weighted by Gasteiger charge is 2.17. The molecule has 32 heavy (non-hydrogen) atoms. The molecule has 1 amide bonds. The smallest absolute Gasteiger partial charge is 0.348 e. The van der Waals surface area contributed by atoms with Crippen LogP contribution in [0, 0.1) is 12.7 Å². The van der Waals surface area contributed by atoms with E-state index in [1.807, 2.05) is 0 Å². The van der Waals surface area contributed by atoms with Crippen LogP contribution < -0.4 is 5.32 Å². The Hall–Kier alpha value is -3.53. The predicted molar refractivity (Wildman–Crippen MR) is 115 cm³/mol. The zero-order valence-corrected chi connectivity index (χ0v) is 18.3. The highest BCUT2D eigenvalue weighted by molar-refractivity contribution is 7.18. The third-order valence-electron chi connectivity index (χ3n) is 4.23. The van der Waals surface area contributed by atoms with Gasteiger partial charge in [0.15, 0.2) is 18.3 Å². The summed E-state index contributed by atoms with van der Waals surface area (Å²) in [6.07, 6.45) is 1.66. The molecule has 0 radical (unpaired) electrons. The number of aryl methyl sites for hydroxylation is 2. The number of rotatable bonds is 9. The van der Waals surface area contributed by atoms with Crippen LogP contribution in [-0.2, 0) is 25.5 Å². The van der Waals surface area contributed by atoms with E-state index in [9.17, 15) is 18.8 Å². The number of thiophene rings is 1. The molecule has 0 bridgehead atoms. The van der Waals surface area contributed by atoms with Gasteiger partial charge < -0.3 is 19.2 Å². The molecule has 1 N–H and O–H groups in total. The van der Waals surface area contributed by atoms with Crippen LogP contribution in [0.25, 0.3) is 11.3 Å². The summed E-state index contributed by atoms with van der Waals surface area (Å²) in [6.45, 7) is 3.25. The fourth-order valence-electron chi connectivity index (χ4n) is 2.72. The van der Waals surface area contributed by atoms with E-state index in [0.717, 1.165) is 11.3 Å². The third-order valence-corrected chi connectivity index (χ3v) is 5.36. The molecule has 168 valence electrons. The first-order chi connectivity index (χ1) is 15.4. The first kappa shape index (κ1) is 23.1. The van der Waals surface area contributed by atoms with Crippen LogP contribution in [0.2, 0.25) is 0 Å². The van der Waals surface area contributed by atoms with Gasteiger partial charge in [-0.1, -0.05) is 0 Å². The van der Waals surface area contributed by atoms with E-state index < -0.39 is 24.5 Å². The number of aromatic nitrogens is 1. The number of halogens is 1. The highest BCUT2D eigenvalue weighted by atomic mass is 32.1. The lowest BCUT2D eigenvalue weighted by Crippen LogP contribution is -2.20. The van der Waals surface area contributed by atoms with Gasteiger partial charge in [-0.2, -0.15) is 0 Å².